The third-order valence-electron chi connectivity index (χ3n) is 3.68. The molecule has 110 valence electrons. The number of rotatable bonds is 6. The number of hydrogen-bond acceptors (Lipinski definition) is 2. The molecule has 0 aromatic rings. The fraction of sp³-hybridized carbons (Fsp3) is 0.857. The largest absolute Gasteiger partial charge is 0.362 e. The molecule has 0 aromatic carbocycles. The lowest BCUT2D eigenvalue weighted by Crippen LogP contribution is -2.43. The van der Waals surface area contributed by atoms with Crippen LogP contribution in [0.15, 0.2) is 0 Å². The van der Waals surface area contributed by atoms with E-state index in [-0.39, 0.29) is 5.91 Å². The molecule has 0 atom stereocenters. The van der Waals surface area contributed by atoms with E-state index in [1.807, 2.05) is 18.7 Å². The maximum Gasteiger partial charge on any atom is 0.224 e. The average molecular weight is 285 g/mol. The van der Waals surface area contributed by atoms with Gasteiger partial charge in [0.15, 0.2) is 5.11 Å². The SMILES string of the molecule is CCN(CC)C(=O)CCNC(=S)NC1CCCCC1. The summed E-state index contributed by atoms with van der Waals surface area (Å²) in [6, 6.07) is 0.521. The van der Waals surface area contributed by atoms with E-state index in [4.69, 9.17) is 12.2 Å². The number of hydrogen-bond donors (Lipinski definition) is 2. The van der Waals surface area contributed by atoms with Gasteiger partial charge in [-0.05, 0) is 38.9 Å². The molecule has 0 radical (unpaired) electrons. The predicted molar refractivity (Wildman–Crippen MR) is 83.2 cm³/mol. The highest BCUT2D eigenvalue weighted by Gasteiger charge is 2.14. The molecular weight excluding hydrogens is 258 g/mol. The van der Waals surface area contributed by atoms with Crippen LogP contribution in [0.3, 0.4) is 0 Å². The van der Waals surface area contributed by atoms with Crippen molar-refractivity contribution in [2.24, 2.45) is 0 Å². The van der Waals surface area contributed by atoms with Crippen molar-refractivity contribution in [2.45, 2.75) is 58.4 Å². The fourth-order valence-electron chi connectivity index (χ4n) is 2.50. The summed E-state index contributed by atoms with van der Waals surface area (Å²) >= 11 is 5.26. The van der Waals surface area contributed by atoms with Crippen molar-refractivity contribution in [3.8, 4) is 0 Å². The number of nitrogens with one attached hydrogen (secondary N) is 2. The van der Waals surface area contributed by atoms with E-state index in [9.17, 15) is 4.79 Å². The number of amides is 1. The van der Waals surface area contributed by atoms with Gasteiger partial charge in [-0.1, -0.05) is 19.3 Å². The zero-order valence-corrected chi connectivity index (χ0v) is 13.0. The Labute approximate surface area is 122 Å². The van der Waals surface area contributed by atoms with Gasteiger partial charge in [0.05, 0.1) is 0 Å². The number of thiocarbonyl (C=S) groups is 1. The summed E-state index contributed by atoms with van der Waals surface area (Å²) in [6.07, 6.45) is 6.85. The first kappa shape index (κ1) is 16.2. The van der Waals surface area contributed by atoms with E-state index in [0.717, 1.165) is 13.1 Å². The minimum atomic E-state index is 0.193. The molecule has 2 N–H and O–H groups in total. The second kappa shape index (κ2) is 9.13. The van der Waals surface area contributed by atoms with E-state index >= 15 is 0 Å². The van der Waals surface area contributed by atoms with Crippen LogP contribution in [0.5, 0.6) is 0 Å². The molecule has 1 aliphatic rings. The van der Waals surface area contributed by atoms with Crippen molar-refractivity contribution >= 4 is 23.2 Å². The highest BCUT2D eigenvalue weighted by atomic mass is 32.1. The van der Waals surface area contributed by atoms with Crippen LogP contribution in [0.25, 0.3) is 0 Å². The molecule has 0 unspecified atom stereocenters. The Hall–Kier alpha value is -0.840. The maximum atomic E-state index is 11.8. The molecule has 0 aliphatic heterocycles. The van der Waals surface area contributed by atoms with Crippen molar-refractivity contribution in [1.82, 2.24) is 15.5 Å². The molecular formula is C14H27N3OS. The molecule has 5 heteroatoms. The highest BCUT2D eigenvalue weighted by Crippen LogP contribution is 2.17. The lowest BCUT2D eigenvalue weighted by molar-refractivity contribution is -0.130. The van der Waals surface area contributed by atoms with Crippen molar-refractivity contribution in [1.29, 1.82) is 0 Å². The quantitative estimate of drug-likeness (QED) is 0.733. The van der Waals surface area contributed by atoms with Crippen molar-refractivity contribution in [3.05, 3.63) is 0 Å². The van der Waals surface area contributed by atoms with Gasteiger partial charge in [-0.15, -0.1) is 0 Å². The molecule has 1 saturated carbocycles. The Bertz CT molecular complexity index is 286. The van der Waals surface area contributed by atoms with Gasteiger partial charge in [0.1, 0.15) is 0 Å². The molecule has 0 spiro atoms. The minimum Gasteiger partial charge on any atom is -0.362 e. The van der Waals surface area contributed by atoms with Crippen LogP contribution in [0.2, 0.25) is 0 Å². The Morgan fingerprint density at radius 1 is 1.21 bits per heavy atom. The molecule has 0 aromatic heterocycles. The standard InChI is InChI=1S/C14H27N3OS/c1-3-17(4-2)13(18)10-11-15-14(19)16-12-8-6-5-7-9-12/h12H,3-11H2,1-2H3,(H2,15,16,19). The molecule has 1 amide bonds. The minimum absolute atomic E-state index is 0.193. The number of carbonyl (C=O) groups is 1. The predicted octanol–water partition coefficient (Wildman–Crippen LogP) is 2.04. The molecule has 0 heterocycles. The summed E-state index contributed by atoms with van der Waals surface area (Å²) in [4.78, 5) is 13.6. The molecule has 19 heavy (non-hydrogen) atoms. The summed E-state index contributed by atoms with van der Waals surface area (Å²) in [5, 5.41) is 7.18. The van der Waals surface area contributed by atoms with Crippen LogP contribution >= 0.6 is 12.2 Å². The lowest BCUT2D eigenvalue weighted by Gasteiger charge is -2.24. The van der Waals surface area contributed by atoms with Gasteiger partial charge in [0.25, 0.3) is 0 Å². The second-order valence-corrected chi connectivity index (χ2v) is 5.46. The monoisotopic (exact) mass is 285 g/mol. The van der Waals surface area contributed by atoms with Crippen molar-refractivity contribution in [3.63, 3.8) is 0 Å². The second-order valence-electron chi connectivity index (χ2n) is 5.05. The Kier molecular flexibility index (Phi) is 7.79. The third kappa shape index (κ3) is 6.23. The third-order valence-corrected chi connectivity index (χ3v) is 3.94. The van der Waals surface area contributed by atoms with Gasteiger partial charge < -0.3 is 15.5 Å². The van der Waals surface area contributed by atoms with Gasteiger partial charge in [-0.2, -0.15) is 0 Å². The molecule has 4 nitrogen and oxygen atoms in total. The average Bonchev–Trinajstić information content (AvgIpc) is 2.41. The van der Waals surface area contributed by atoms with Crippen LogP contribution in [-0.2, 0) is 4.79 Å². The van der Waals surface area contributed by atoms with Gasteiger partial charge >= 0.3 is 0 Å². The van der Waals surface area contributed by atoms with E-state index < -0.39 is 0 Å². The van der Waals surface area contributed by atoms with Crippen LogP contribution in [0.1, 0.15) is 52.4 Å². The van der Waals surface area contributed by atoms with E-state index in [2.05, 4.69) is 10.6 Å². The Morgan fingerprint density at radius 3 is 2.42 bits per heavy atom. The summed E-state index contributed by atoms with van der Waals surface area (Å²) in [5.74, 6) is 0.193. The van der Waals surface area contributed by atoms with E-state index in [1.54, 1.807) is 0 Å². The van der Waals surface area contributed by atoms with Gasteiger partial charge in [0, 0.05) is 32.1 Å². The first-order chi connectivity index (χ1) is 9.17. The first-order valence-electron chi connectivity index (χ1n) is 7.49. The smallest absolute Gasteiger partial charge is 0.224 e. The summed E-state index contributed by atoms with van der Waals surface area (Å²) in [5.41, 5.74) is 0. The van der Waals surface area contributed by atoms with Gasteiger partial charge in [-0.3, -0.25) is 4.79 Å². The summed E-state index contributed by atoms with van der Waals surface area (Å²) in [7, 11) is 0. The molecule has 1 aliphatic carbocycles. The number of nitrogens with zero attached hydrogens (tertiary/aromatic N) is 1. The Balaban J connectivity index is 2.14. The lowest BCUT2D eigenvalue weighted by atomic mass is 9.96. The van der Waals surface area contributed by atoms with Crippen LogP contribution in [0, 0.1) is 0 Å². The summed E-state index contributed by atoms with van der Waals surface area (Å²) < 4.78 is 0. The highest BCUT2D eigenvalue weighted by molar-refractivity contribution is 7.80. The number of carbonyl (C=O) groups excluding carboxylic acids is 1. The first-order valence-corrected chi connectivity index (χ1v) is 7.90. The molecule has 1 rings (SSSR count). The zero-order chi connectivity index (χ0) is 14.1. The normalized spacial score (nSPS) is 15.9. The van der Waals surface area contributed by atoms with E-state index in [0.29, 0.717) is 24.1 Å². The fourth-order valence-corrected chi connectivity index (χ4v) is 2.77. The van der Waals surface area contributed by atoms with Gasteiger partial charge in [0.2, 0.25) is 5.91 Å². The molecule has 1 fully saturated rings. The van der Waals surface area contributed by atoms with Crippen LogP contribution < -0.4 is 10.6 Å². The van der Waals surface area contributed by atoms with E-state index in [1.165, 1.54) is 32.1 Å². The summed E-state index contributed by atoms with van der Waals surface area (Å²) in [6.45, 7) is 6.18. The van der Waals surface area contributed by atoms with Crippen LogP contribution in [-0.4, -0.2) is 41.6 Å². The van der Waals surface area contributed by atoms with Crippen LogP contribution in [0.4, 0.5) is 0 Å². The van der Waals surface area contributed by atoms with Crippen molar-refractivity contribution < 1.29 is 4.79 Å². The molecule has 0 bridgehead atoms. The van der Waals surface area contributed by atoms with Gasteiger partial charge in [-0.25, -0.2) is 0 Å². The Morgan fingerprint density at radius 2 is 1.84 bits per heavy atom. The topological polar surface area (TPSA) is 44.4 Å². The zero-order valence-electron chi connectivity index (χ0n) is 12.2. The van der Waals surface area contributed by atoms with Crippen molar-refractivity contribution in [2.75, 3.05) is 19.6 Å². The molecule has 0 saturated heterocycles. The maximum absolute atomic E-state index is 11.8.